The van der Waals surface area contributed by atoms with Gasteiger partial charge in [-0.3, -0.25) is 0 Å². The molecule has 0 unspecified atom stereocenters. The summed E-state index contributed by atoms with van der Waals surface area (Å²) < 4.78 is 5.72. The summed E-state index contributed by atoms with van der Waals surface area (Å²) in [7, 11) is 3.38. The van der Waals surface area contributed by atoms with Crippen molar-refractivity contribution in [2.45, 2.75) is 25.7 Å². The molecule has 0 spiro atoms. The molecule has 0 aliphatic carbocycles. The number of ether oxygens (including phenoxy) is 1. The van der Waals surface area contributed by atoms with Crippen LogP contribution in [-0.4, -0.2) is 12.1 Å². The van der Waals surface area contributed by atoms with E-state index in [0.29, 0.717) is 12.2 Å². The fourth-order valence-electron chi connectivity index (χ4n) is 6.61. The summed E-state index contributed by atoms with van der Waals surface area (Å²) in [5, 5.41) is 5.46. The number of rotatable bonds is 12. The van der Waals surface area contributed by atoms with Crippen LogP contribution in [0.3, 0.4) is 0 Å². The molecule has 226 valence electrons. The molecular weight excluding hydrogens is 608 g/mol. The average molecular weight is 645 g/mol. The van der Waals surface area contributed by atoms with Gasteiger partial charge in [-0.2, -0.15) is 0 Å². The molecule has 1 heterocycles. The molecule has 6 rings (SSSR count). The van der Waals surface area contributed by atoms with Crippen LogP contribution in [-0.2, 0) is 4.79 Å². The summed E-state index contributed by atoms with van der Waals surface area (Å²) in [5.41, 5.74) is 1.11. The second-order valence-electron chi connectivity index (χ2n) is 11.3. The fraction of sp³-hybridized carbons (Fsp3) is 0.125. The molecule has 0 saturated heterocycles. The monoisotopic (exact) mass is 644 g/mol. The van der Waals surface area contributed by atoms with Crippen LogP contribution in [0.5, 0.6) is 5.75 Å². The molecule has 0 radical (unpaired) electrons. The predicted molar refractivity (Wildman–Crippen MR) is 199 cm³/mol. The number of allylic oxidation sites excluding steroid dienone is 1. The van der Waals surface area contributed by atoms with Gasteiger partial charge in [0.15, 0.2) is 0 Å². The predicted octanol–water partition coefficient (Wildman–Crippen LogP) is 9.26. The van der Waals surface area contributed by atoms with Gasteiger partial charge in [0.05, 0.1) is 0 Å². The molecule has 5 aromatic carbocycles. The summed E-state index contributed by atoms with van der Waals surface area (Å²) in [4.78, 5) is 15.1. The Kier molecular flexibility index (Phi) is 9.76. The van der Waals surface area contributed by atoms with E-state index in [4.69, 9.17) is 4.74 Å². The number of benzene rings is 5. The van der Waals surface area contributed by atoms with Crippen LogP contribution < -0.4 is 26.0 Å². The van der Waals surface area contributed by atoms with E-state index in [-0.39, 0.29) is 5.97 Å². The maximum absolute atomic E-state index is 12.9. The minimum absolute atomic E-state index is 0.184. The van der Waals surface area contributed by atoms with Crippen molar-refractivity contribution in [3.05, 3.63) is 169 Å². The van der Waals surface area contributed by atoms with Crippen molar-refractivity contribution in [2.24, 2.45) is 0 Å². The maximum Gasteiger partial charge on any atom is -0.0519 e. The van der Waals surface area contributed by atoms with Crippen LogP contribution in [0, 0.1) is 0 Å². The van der Waals surface area contributed by atoms with Crippen LogP contribution in [0.4, 0.5) is 0 Å². The zero-order chi connectivity index (χ0) is 31.0. The Hall–Kier alpha value is -3.82. The van der Waals surface area contributed by atoms with Gasteiger partial charge in [0, 0.05) is 4.91 Å². The minimum atomic E-state index is -3.17. The molecule has 1 aliphatic heterocycles. The summed E-state index contributed by atoms with van der Waals surface area (Å²) in [6, 6.07) is 52.2. The maximum atomic E-state index is 12.9. The first-order chi connectivity index (χ1) is 22.1. The zero-order valence-corrected chi connectivity index (χ0v) is 27.8. The largest absolute Gasteiger partial charge is 0.0531 e. The Bertz CT molecular complexity index is 1600. The Balaban J connectivity index is 1.24. The fourth-order valence-corrected chi connectivity index (χ4v) is 15.6. The molecular formula is C40H37O2PS2. The molecule has 45 heavy (non-hydrogen) atoms. The number of carbonyl (C=O) groups excluding carboxylic acids is 1. The first-order valence-electron chi connectivity index (χ1n) is 15.4. The van der Waals surface area contributed by atoms with Crippen LogP contribution in [0.1, 0.15) is 31.2 Å². The third kappa shape index (κ3) is 6.20. The zero-order valence-electron chi connectivity index (χ0n) is 25.3. The van der Waals surface area contributed by atoms with Gasteiger partial charge in [-0.1, -0.05) is 28.2 Å². The number of hydrogen-bond acceptors (Lipinski definition) is 4. The molecule has 0 atom stereocenters. The number of esters is 1. The van der Waals surface area contributed by atoms with Gasteiger partial charge in [0.1, 0.15) is 0 Å². The Morgan fingerprint density at radius 3 is 1.47 bits per heavy atom. The molecule has 2 nitrogen and oxygen atoms in total. The van der Waals surface area contributed by atoms with E-state index in [1.54, 1.807) is 21.6 Å². The van der Waals surface area contributed by atoms with Gasteiger partial charge in [0.25, 0.3) is 0 Å². The SMILES string of the molecule is C=C1C=C(c2ccc(OC(=O)CCCCCP(c3ccccc3)(c3ccccc3)(c3ccccc3)c3ccccc3)cc2)SS1. The minimum Gasteiger partial charge on any atom is -0.0531 e. The molecule has 0 fully saturated rings. The molecule has 1 aliphatic rings. The van der Waals surface area contributed by atoms with Crippen LogP contribution in [0.25, 0.3) is 4.91 Å². The molecule has 5 aromatic rings. The summed E-state index contributed by atoms with van der Waals surface area (Å²) >= 11 is 0. The number of carbonyl (C=O) groups is 1. The van der Waals surface area contributed by atoms with Crippen LogP contribution in [0.2, 0.25) is 0 Å². The van der Waals surface area contributed by atoms with Crippen molar-refractivity contribution in [1.82, 2.24) is 0 Å². The molecule has 0 aromatic heterocycles. The molecule has 0 N–H and O–H groups in total. The first kappa shape index (κ1) is 31.2. The van der Waals surface area contributed by atoms with E-state index >= 15 is 0 Å². The Morgan fingerprint density at radius 1 is 0.578 bits per heavy atom. The van der Waals surface area contributed by atoms with E-state index in [1.807, 2.05) is 24.3 Å². The van der Waals surface area contributed by atoms with E-state index < -0.39 is 6.60 Å². The van der Waals surface area contributed by atoms with E-state index in [1.165, 1.54) is 26.1 Å². The molecule has 0 amide bonds. The third-order valence-electron chi connectivity index (χ3n) is 8.69. The summed E-state index contributed by atoms with van der Waals surface area (Å²) in [6.07, 6.45) is 6.13. The number of hydrogen-bond donors (Lipinski definition) is 0. The van der Waals surface area contributed by atoms with Crippen LogP contribution >= 0.6 is 28.2 Å². The topological polar surface area (TPSA) is 26.3 Å². The van der Waals surface area contributed by atoms with Crippen LogP contribution in [0.15, 0.2) is 163 Å². The average Bonchev–Trinajstić information content (AvgIpc) is 3.55. The first-order valence-corrected chi connectivity index (χ1v) is 20.0. The quantitative estimate of drug-likeness (QED) is 0.0445. The van der Waals surface area contributed by atoms with Crippen molar-refractivity contribution < 1.29 is 9.53 Å². The van der Waals surface area contributed by atoms with Gasteiger partial charge in [-0.05, 0) is 6.08 Å². The second-order valence-corrected chi connectivity index (χ2v) is 18.7. The van der Waals surface area contributed by atoms with Gasteiger partial charge >= 0.3 is 237 Å². The smallest absolute Gasteiger partial charge is 0.0519 e. The number of unbranched alkanes of at least 4 members (excludes halogenated alkanes) is 2. The molecule has 0 bridgehead atoms. The Labute approximate surface area is 275 Å². The van der Waals surface area contributed by atoms with Crippen molar-refractivity contribution in [3.8, 4) is 5.75 Å². The standard InChI is InChI=1S/C40H37O2PS2/c1-32-31-39(45-44-32)33-26-28-34(29-27-33)42-40(41)25-15-6-16-30-43(35-17-7-2-8-18-35,36-19-9-3-10-20-36,37-21-11-4-12-22-37)38-23-13-5-14-24-38/h2-5,7-14,17-24,26-29,31H,1,6,15-16,25,30H2. The summed E-state index contributed by atoms with van der Waals surface area (Å²) in [5.74, 6) is 0.404. The van der Waals surface area contributed by atoms with E-state index in [2.05, 4.69) is 134 Å². The van der Waals surface area contributed by atoms with E-state index in [9.17, 15) is 4.79 Å². The molecule has 5 heteroatoms. The van der Waals surface area contributed by atoms with Gasteiger partial charge < -0.3 is 0 Å². The van der Waals surface area contributed by atoms with Gasteiger partial charge in [-0.25, -0.2) is 0 Å². The molecule has 0 saturated carbocycles. The van der Waals surface area contributed by atoms with Crippen molar-refractivity contribution >= 4 is 60.3 Å². The van der Waals surface area contributed by atoms with Crippen molar-refractivity contribution in [2.75, 3.05) is 6.16 Å². The van der Waals surface area contributed by atoms with Gasteiger partial charge in [0.2, 0.25) is 0 Å². The van der Waals surface area contributed by atoms with Crippen molar-refractivity contribution in [1.29, 1.82) is 0 Å². The summed E-state index contributed by atoms with van der Waals surface area (Å²) in [6.45, 7) is 0.836. The van der Waals surface area contributed by atoms with Gasteiger partial charge in [-0.15, -0.1) is 0 Å². The third-order valence-corrected chi connectivity index (χ3v) is 18.0. The van der Waals surface area contributed by atoms with Crippen molar-refractivity contribution in [3.63, 3.8) is 0 Å². The second kappa shape index (κ2) is 14.1. The van der Waals surface area contributed by atoms with E-state index in [0.717, 1.165) is 35.9 Å². The Morgan fingerprint density at radius 2 is 1.04 bits per heavy atom. The normalized spacial score (nSPS) is 13.9.